The molecule has 0 bridgehead atoms. The van der Waals surface area contributed by atoms with Gasteiger partial charge in [0.05, 0.1) is 6.54 Å². The van der Waals surface area contributed by atoms with Gasteiger partial charge >= 0.3 is 0 Å². The molecule has 0 aromatic rings. The topological polar surface area (TPSA) is 58.5 Å². The molecule has 4 heteroatoms. The summed E-state index contributed by atoms with van der Waals surface area (Å²) in [6, 6.07) is 0.147. The van der Waals surface area contributed by atoms with Crippen LogP contribution < -0.4 is 5.32 Å². The van der Waals surface area contributed by atoms with Crippen molar-refractivity contribution in [2.75, 3.05) is 6.54 Å². The molecule has 0 aromatic carbocycles. The molecular weight excluding hydrogens is 192 g/mol. The molecule has 1 N–H and O–H groups in total. The predicted molar refractivity (Wildman–Crippen MR) is 59.3 cm³/mol. The summed E-state index contributed by atoms with van der Waals surface area (Å²) in [4.78, 5) is 24.7. The standard InChI is InChI=1S/C11H20N2O2/c1-4-9(2)11(15)13-10(3)6-5-7-12-8-14/h9-10H,4-7H2,1-3H3,(H,13,15). The van der Waals surface area contributed by atoms with Crippen molar-refractivity contribution in [2.45, 2.75) is 46.1 Å². The van der Waals surface area contributed by atoms with Gasteiger partial charge in [-0.1, -0.05) is 13.8 Å². The molecule has 86 valence electrons. The number of carbonyl (C=O) groups is 1. The number of nitrogens with zero attached hydrogens (tertiary/aromatic N) is 1. The second-order valence-electron chi connectivity index (χ2n) is 3.83. The molecular formula is C11H20N2O2. The molecule has 0 fully saturated rings. The molecule has 2 atom stereocenters. The minimum absolute atomic E-state index is 0.0699. The summed E-state index contributed by atoms with van der Waals surface area (Å²) in [6.45, 7) is 6.37. The normalized spacial score (nSPS) is 13.8. The Bertz CT molecular complexity index is 235. The fourth-order valence-corrected chi connectivity index (χ4v) is 1.16. The van der Waals surface area contributed by atoms with Crippen LogP contribution in [-0.2, 0) is 9.59 Å². The lowest BCUT2D eigenvalue weighted by molar-refractivity contribution is -0.125. The van der Waals surface area contributed by atoms with Gasteiger partial charge in [-0.3, -0.25) is 4.79 Å². The Kier molecular flexibility index (Phi) is 7.56. The highest BCUT2D eigenvalue weighted by molar-refractivity contribution is 5.78. The van der Waals surface area contributed by atoms with Gasteiger partial charge in [-0.05, 0) is 26.2 Å². The molecule has 0 heterocycles. The van der Waals surface area contributed by atoms with Crippen LogP contribution in [-0.4, -0.2) is 24.6 Å². The number of aliphatic imine (C=N–C) groups is 1. The molecule has 0 radical (unpaired) electrons. The molecule has 2 unspecified atom stereocenters. The van der Waals surface area contributed by atoms with Gasteiger partial charge in [-0.2, -0.15) is 0 Å². The smallest absolute Gasteiger partial charge is 0.234 e. The van der Waals surface area contributed by atoms with Gasteiger partial charge in [0.1, 0.15) is 0 Å². The average Bonchev–Trinajstić information content (AvgIpc) is 2.23. The number of hydrogen-bond donors (Lipinski definition) is 1. The fourth-order valence-electron chi connectivity index (χ4n) is 1.16. The third-order valence-corrected chi connectivity index (χ3v) is 2.42. The van der Waals surface area contributed by atoms with Crippen LogP contribution >= 0.6 is 0 Å². The Labute approximate surface area is 91.2 Å². The lowest BCUT2D eigenvalue weighted by Gasteiger charge is -2.16. The van der Waals surface area contributed by atoms with Crippen molar-refractivity contribution < 1.29 is 9.59 Å². The average molecular weight is 212 g/mol. The van der Waals surface area contributed by atoms with Crippen LogP contribution in [0.1, 0.15) is 40.0 Å². The number of nitrogens with one attached hydrogen (secondary N) is 1. The second-order valence-corrected chi connectivity index (χ2v) is 3.83. The molecule has 0 spiro atoms. The number of amides is 1. The molecule has 1 amide bonds. The maximum atomic E-state index is 11.5. The quantitative estimate of drug-likeness (QED) is 0.396. The van der Waals surface area contributed by atoms with Crippen molar-refractivity contribution in [3.05, 3.63) is 0 Å². The lowest BCUT2D eigenvalue weighted by atomic mass is 10.1. The summed E-state index contributed by atoms with van der Waals surface area (Å²) >= 11 is 0. The van der Waals surface area contributed by atoms with Gasteiger partial charge in [0.15, 0.2) is 0 Å². The van der Waals surface area contributed by atoms with Gasteiger partial charge in [-0.25, -0.2) is 9.79 Å². The summed E-state index contributed by atoms with van der Waals surface area (Å²) in [7, 11) is 0. The van der Waals surface area contributed by atoms with Crippen LogP contribution in [0.25, 0.3) is 0 Å². The van der Waals surface area contributed by atoms with E-state index in [1.54, 1.807) is 0 Å². The number of hydrogen-bond acceptors (Lipinski definition) is 3. The summed E-state index contributed by atoms with van der Waals surface area (Å²) in [5.41, 5.74) is 0. The first kappa shape index (κ1) is 13.8. The molecule has 0 aliphatic heterocycles. The van der Waals surface area contributed by atoms with Crippen molar-refractivity contribution in [2.24, 2.45) is 10.9 Å². The highest BCUT2D eigenvalue weighted by atomic mass is 16.1. The largest absolute Gasteiger partial charge is 0.353 e. The van der Waals surface area contributed by atoms with Crippen LogP contribution in [0.15, 0.2) is 4.99 Å². The molecule has 0 saturated carbocycles. The molecule has 0 saturated heterocycles. The molecule has 0 aliphatic carbocycles. The van der Waals surface area contributed by atoms with E-state index in [1.165, 1.54) is 6.08 Å². The fraction of sp³-hybridized carbons (Fsp3) is 0.818. The van der Waals surface area contributed by atoms with Gasteiger partial charge in [0, 0.05) is 12.0 Å². The molecule has 0 aliphatic rings. The maximum absolute atomic E-state index is 11.5. The van der Waals surface area contributed by atoms with Gasteiger partial charge in [0.2, 0.25) is 12.0 Å². The van der Waals surface area contributed by atoms with E-state index in [0.717, 1.165) is 19.3 Å². The van der Waals surface area contributed by atoms with Crippen molar-refractivity contribution in [1.29, 1.82) is 0 Å². The van der Waals surface area contributed by atoms with Crippen molar-refractivity contribution in [1.82, 2.24) is 5.32 Å². The van der Waals surface area contributed by atoms with E-state index in [-0.39, 0.29) is 17.9 Å². The zero-order chi connectivity index (χ0) is 11.7. The van der Waals surface area contributed by atoms with Crippen molar-refractivity contribution >= 4 is 12.0 Å². The Morgan fingerprint density at radius 3 is 2.67 bits per heavy atom. The first-order valence-electron chi connectivity index (χ1n) is 5.45. The van der Waals surface area contributed by atoms with Crippen molar-refractivity contribution in [3.63, 3.8) is 0 Å². The Hall–Kier alpha value is -1.15. The van der Waals surface area contributed by atoms with E-state index in [0.29, 0.717) is 6.54 Å². The highest BCUT2D eigenvalue weighted by Gasteiger charge is 2.12. The first-order chi connectivity index (χ1) is 7.11. The minimum atomic E-state index is 0.0699. The van der Waals surface area contributed by atoms with Crippen molar-refractivity contribution in [3.8, 4) is 0 Å². The Morgan fingerprint density at radius 2 is 2.13 bits per heavy atom. The highest BCUT2D eigenvalue weighted by Crippen LogP contribution is 2.03. The third-order valence-electron chi connectivity index (χ3n) is 2.42. The van der Waals surface area contributed by atoms with E-state index in [2.05, 4.69) is 10.3 Å². The van der Waals surface area contributed by atoms with Gasteiger partial charge < -0.3 is 5.32 Å². The molecule has 0 aromatic heterocycles. The van der Waals surface area contributed by atoms with Crippen LogP contribution in [0.4, 0.5) is 0 Å². The Morgan fingerprint density at radius 1 is 1.47 bits per heavy atom. The molecule has 0 rings (SSSR count). The van der Waals surface area contributed by atoms with E-state index < -0.39 is 0 Å². The maximum Gasteiger partial charge on any atom is 0.234 e. The number of carbonyl (C=O) groups excluding carboxylic acids is 2. The summed E-state index contributed by atoms with van der Waals surface area (Å²) < 4.78 is 0. The van der Waals surface area contributed by atoms with Crippen LogP contribution in [0.5, 0.6) is 0 Å². The number of rotatable bonds is 7. The number of isocyanates is 1. The monoisotopic (exact) mass is 212 g/mol. The Balaban J connectivity index is 3.68. The molecule has 4 nitrogen and oxygen atoms in total. The minimum Gasteiger partial charge on any atom is -0.353 e. The summed E-state index contributed by atoms with van der Waals surface area (Å²) in [5.74, 6) is 0.171. The SMILES string of the molecule is CCC(C)C(=O)NC(C)CCCN=C=O. The van der Waals surface area contributed by atoms with Crippen LogP contribution in [0.3, 0.4) is 0 Å². The second kappa shape index (κ2) is 8.18. The first-order valence-corrected chi connectivity index (χ1v) is 5.45. The van der Waals surface area contributed by atoms with Crippen LogP contribution in [0, 0.1) is 5.92 Å². The zero-order valence-corrected chi connectivity index (χ0v) is 9.75. The predicted octanol–water partition coefficient (Wildman–Crippen LogP) is 1.65. The van der Waals surface area contributed by atoms with E-state index in [1.807, 2.05) is 20.8 Å². The zero-order valence-electron chi connectivity index (χ0n) is 9.75. The van der Waals surface area contributed by atoms with Gasteiger partial charge in [-0.15, -0.1) is 0 Å². The van der Waals surface area contributed by atoms with E-state index in [4.69, 9.17) is 0 Å². The summed E-state index contributed by atoms with van der Waals surface area (Å²) in [6.07, 6.45) is 4.00. The van der Waals surface area contributed by atoms with E-state index in [9.17, 15) is 9.59 Å². The van der Waals surface area contributed by atoms with E-state index >= 15 is 0 Å². The van der Waals surface area contributed by atoms with Gasteiger partial charge in [0.25, 0.3) is 0 Å². The summed E-state index contributed by atoms with van der Waals surface area (Å²) in [5, 5.41) is 2.93. The van der Waals surface area contributed by atoms with Crippen LogP contribution in [0.2, 0.25) is 0 Å². The lowest BCUT2D eigenvalue weighted by Crippen LogP contribution is -2.36. The molecule has 15 heavy (non-hydrogen) atoms. The third kappa shape index (κ3) is 6.86.